The predicted molar refractivity (Wildman–Crippen MR) is 111 cm³/mol. The largest absolute Gasteiger partial charge is 0.361 e. The molecule has 0 saturated heterocycles. The Bertz CT molecular complexity index is 1210. The topological polar surface area (TPSA) is 32.0 Å². The van der Waals surface area contributed by atoms with Gasteiger partial charge in [-0.1, -0.05) is 36.4 Å². The lowest BCUT2D eigenvalue weighted by molar-refractivity contribution is -0.693. The summed E-state index contributed by atoms with van der Waals surface area (Å²) in [6.45, 7) is 3.10. The van der Waals surface area contributed by atoms with E-state index >= 15 is 0 Å². The maximum atomic E-state index is 4.66. The third-order valence-electron chi connectivity index (χ3n) is 5.17. The first-order chi connectivity index (χ1) is 13.3. The van der Waals surface area contributed by atoms with Gasteiger partial charge in [-0.25, -0.2) is 4.57 Å². The van der Waals surface area contributed by atoms with Crippen molar-refractivity contribution in [2.45, 2.75) is 13.5 Å². The van der Waals surface area contributed by atoms with Crippen molar-refractivity contribution in [1.29, 1.82) is 0 Å². The first-order valence-electron chi connectivity index (χ1n) is 9.29. The number of aromatic nitrogens is 2. The van der Waals surface area contributed by atoms with Gasteiger partial charge in [0.2, 0.25) is 0 Å². The zero-order chi connectivity index (χ0) is 18.2. The first-order valence-corrected chi connectivity index (χ1v) is 9.29. The quantitative estimate of drug-likeness (QED) is 0.496. The summed E-state index contributed by atoms with van der Waals surface area (Å²) in [5.41, 5.74) is 8.15. The number of hydrogen-bond donors (Lipinski definition) is 1. The Morgan fingerprint density at radius 3 is 2.78 bits per heavy atom. The summed E-state index contributed by atoms with van der Waals surface area (Å²) in [7, 11) is 0. The van der Waals surface area contributed by atoms with Crippen LogP contribution in [0.3, 0.4) is 0 Å². The second kappa shape index (κ2) is 6.36. The fourth-order valence-electron chi connectivity index (χ4n) is 3.82. The molecule has 0 unspecified atom stereocenters. The molecule has 1 aliphatic heterocycles. The van der Waals surface area contributed by atoms with Gasteiger partial charge in [0, 0.05) is 57.2 Å². The van der Waals surface area contributed by atoms with E-state index in [1.807, 2.05) is 12.3 Å². The van der Waals surface area contributed by atoms with E-state index in [1.54, 1.807) is 0 Å². The Morgan fingerprint density at radius 2 is 1.85 bits per heavy atom. The molecule has 4 aromatic rings. The van der Waals surface area contributed by atoms with Crippen LogP contribution < -0.4 is 4.57 Å². The summed E-state index contributed by atoms with van der Waals surface area (Å²) in [5.74, 6) is 0. The number of nitrogens with zero attached hydrogens (tertiary/aromatic N) is 2. The molecule has 3 nitrogen and oxygen atoms in total. The molecule has 3 heteroatoms. The summed E-state index contributed by atoms with van der Waals surface area (Å²) in [4.78, 5) is 8.09. The summed E-state index contributed by atoms with van der Waals surface area (Å²) in [6.07, 6.45) is 8.45. The number of aromatic amines is 1. The van der Waals surface area contributed by atoms with Crippen molar-refractivity contribution in [1.82, 2.24) is 4.98 Å². The highest BCUT2D eigenvalue weighted by Gasteiger charge is 2.22. The summed E-state index contributed by atoms with van der Waals surface area (Å²) >= 11 is 0. The normalized spacial score (nSPS) is 14.6. The number of rotatable bonds is 3. The number of nitrogens with one attached hydrogen (secondary N) is 1. The summed E-state index contributed by atoms with van der Waals surface area (Å²) in [6, 6.07) is 21.1. The van der Waals surface area contributed by atoms with Gasteiger partial charge in [-0.15, -0.1) is 0 Å². The Kier molecular flexibility index (Phi) is 3.72. The van der Waals surface area contributed by atoms with Crippen molar-refractivity contribution < 1.29 is 4.57 Å². The molecule has 0 fully saturated rings. The van der Waals surface area contributed by atoms with Crippen LogP contribution in [0.2, 0.25) is 0 Å². The number of fused-ring (bicyclic) bond motifs is 2. The molecule has 27 heavy (non-hydrogen) atoms. The summed E-state index contributed by atoms with van der Waals surface area (Å²) in [5, 5.41) is 1.23. The highest BCUT2D eigenvalue weighted by molar-refractivity contribution is 6.27. The molecular weight excluding hydrogens is 330 g/mol. The molecule has 0 amide bonds. The van der Waals surface area contributed by atoms with E-state index in [1.165, 1.54) is 33.2 Å². The van der Waals surface area contributed by atoms with E-state index in [4.69, 9.17) is 0 Å². The average molecular weight is 350 g/mol. The molecule has 3 heterocycles. The fourth-order valence-corrected chi connectivity index (χ4v) is 3.82. The highest BCUT2D eigenvalue weighted by atomic mass is 14.9. The lowest BCUT2D eigenvalue weighted by atomic mass is 9.91. The van der Waals surface area contributed by atoms with E-state index in [-0.39, 0.29) is 0 Å². The second-order valence-electron chi connectivity index (χ2n) is 6.74. The zero-order valence-corrected chi connectivity index (χ0v) is 15.2. The number of H-pyrrole nitrogens is 1. The summed E-state index contributed by atoms with van der Waals surface area (Å²) < 4.78 is 2.21. The number of allylic oxidation sites excluding steroid dienone is 1. The van der Waals surface area contributed by atoms with Crippen molar-refractivity contribution in [3.05, 3.63) is 95.9 Å². The third-order valence-corrected chi connectivity index (χ3v) is 5.17. The number of pyridine rings is 1. The van der Waals surface area contributed by atoms with Gasteiger partial charge >= 0.3 is 0 Å². The molecular formula is C24H20N3+. The Morgan fingerprint density at radius 1 is 1.00 bits per heavy atom. The van der Waals surface area contributed by atoms with Gasteiger partial charge in [0.05, 0.1) is 5.69 Å². The van der Waals surface area contributed by atoms with Gasteiger partial charge in [-0.05, 0) is 25.1 Å². The number of aliphatic imine (C=N–C) groups is 1. The average Bonchev–Trinajstić information content (AvgIpc) is 3.34. The van der Waals surface area contributed by atoms with Crippen LogP contribution in [0.1, 0.15) is 23.6 Å². The number of benzene rings is 2. The van der Waals surface area contributed by atoms with Crippen LogP contribution in [0.15, 0.2) is 84.2 Å². The van der Waals surface area contributed by atoms with Crippen LogP contribution in [0.5, 0.6) is 0 Å². The number of para-hydroxylation sites is 2. The van der Waals surface area contributed by atoms with E-state index in [0.717, 1.165) is 17.7 Å². The van der Waals surface area contributed by atoms with Gasteiger partial charge < -0.3 is 4.98 Å². The molecule has 130 valence electrons. The Hall–Kier alpha value is -3.46. The lowest BCUT2D eigenvalue weighted by Crippen LogP contribution is -2.31. The van der Waals surface area contributed by atoms with E-state index in [0.29, 0.717) is 0 Å². The molecule has 0 spiro atoms. The molecule has 0 bridgehead atoms. The van der Waals surface area contributed by atoms with Crippen LogP contribution in [-0.4, -0.2) is 11.2 Å². The van der Waals surface area contributed by atoms with Crippen LogP contribution in [-0.2, 0) is 6.54 Å². The lowest BCUT2D eigenvalue weighted by Gasteiger charge is -2.11. The minimum absolute atomic E-state index is 0.939. The highest BCUT2D eigenvalue weighted by Crippen LogP contribution is 2.40. The number of hydrogen-bond acceptors (Lipinski definition) is 1. The minimum Gasteiger partial charge on any atom is -0.361 e. The standard InChI is InChI=1S/C24H20N3/c1-2-27-13-7-8-17(16-27)24(20-14-25-22-11-5-3-9-18(20)22)21-15-26-23-12-6-4-10-19(21)23/h3-16,25H,2H2,1H3/q+1. The molecule has 0 aliphatic carbocycles. The van der Waals surface area contributed by atoms with Crippen LogP contribution in [0, 0.1) is 0 Å². The molecule has 1 N–H and O–H groups in total. The molecule has 0 radical (unpaired) electrons. The van der Waals surface area contributed by atoms with E-state index in [2.05, 4.69) is 94.7 Å². The smallest absolute Gasteiger partial charge is 0.176 e. The fraction of sp³-hybridized carbons (Fsp3) is 0.0833. The minimum atomic E-state index is 0.939. The van der Waals surface area contributed by atoms with Gasteiger partial charge in [0.1, 0.15) is 6.54 Å². The molecule has 0 atom stereocenters. The van der Waals surface area contributed by atoms with Gasteiger partial charge in [0.25, 0.3) is 0 Å². The van der Waals surface area contributed by atoms with Crippen molar-refractivity contribution in [2.75, 3.05) is 0 Å². The zero-order valence-electron chi connectivity index (χ0n) is 15.2. The predicted octanol–water partition coefficient (Wildman–Crippen LogP) is 5.15. The monoisotopic (exact) mass is 350 g/mol. The van der Waals surface area contributed by atoms with Gasteiger partial charge in [-0.2, -0.15) is 0 Å². The maximum Gasteiger partial charge on any atom is 0.176 e. The second-order valence-corrected chi connectivity index (χ2v) is 6.74. The van der Waals surface area contributed by atoms with Crippen LogP contribution >= 0.6 is 0 Å². The SMILES string of the molecule is CC[n+]1cccc(C(=C2C=Nc3ccccc32)c2c[nH]c3ccccc23)c1. The first kappa shape index (κ1) is 15.8. The van der Waals surface area contributed by atoms with Gasteiger partial charge in [0.15, 0.2) is 12.4 Å². The molecule has 2 aromatic heterocycles. The van der Waals surface area contributed by atoms with E-state index in [9.17, 15) is 0 Å². The van der Waals surface area contributed by atoms with Gasteiger partial charge in [-0.3, -0.25) is 4.99 Å². The maximum absolute atomic E-state index is 4.66. The Balaban J connectivity index is 1.84. The Labute approximate surface area is 158 Å². The molecule has 0 saturated carbocycles. The third kappa shape index (κ3) is 2.59. The molecule has 2 aromatic carbocycles. The van der Waals surface area contributed by atoms with Crippen LogP contribution in [0.25, 0.3) is 22.0 Å². The van der Waals surface area contributed by atoms with Crippen molar-refractivity contribution >= 4 is 34.0 Å². The van der Waals surface area contributed by atoms with E-state index < -0.39 is 0 Å². The van der Waals surface area contributed by atoms with Crippen LogP contribution in [0.4, 0.5) is 5.69 Å². The van der Waals surface area contributed by atoms with Crippen molar-refractivity contribution in [2.24, 2.45) is 4.99 Å². The van der Waals surface area contributed by atoms with Crippen molar-refractivity contribution in [3.63, 3.8) is 0 Å². The molecule has 5 rings (SSSR count). The van der Waals surface area contributed by atoms with Crippen molar-refractivity contribution in [3.8, 4) is 0 Å². The molecule has 1 aliphatic rings. The number of aryl methyl sites for hydroxylation is 1.